The second-order valence-corrected chi connectivity index (χ2v) is 6.92. The van der Waals surface area contributed by atoms with E-state index < -0.39 is 11.9 Å². The molecule has 0 bridgehead atoms. The third-order valence-corrected chi connectivity index (χ3v) is 4.28. The molecule has 7 heteroatoms. The number of thiocarbonyl (C=S) groups is 1. The van der Waals surface area contributed by atoms with Crippen LogP contribution in [0.15, 0.2) is 78.9 Å². The number of benzene rings is 3. The summed E-state index contributed by atoms with van der Waals surface area (Å²) in [5.41, 5.74) is 3.67. The van der Waals surface area contributed by atoms with E-state index in [4.69, 9.17) is 17.0 Å². The van der Waals surface area contributed by atoms with E-state index in [2.05, 4.69) is 16.0 Å². The smallest absolute Gasteiger partial charge is 0.338 e. The second kappa shape index (κ2) is 10.2. The van der Waals surface area contributed by atoms with Gasteiger partial charge in [0, 0.05) is 17.1 Å². The van der Waals surface area contributed by atoms with E-state index in [0.717, 1.165) is 16.9 Å². The lowest BCUT2D eigenvalue weighted by Crippen LogP contribution is -2.21. The van der Waals surface area contributed by atoms with Gasteiger partial charge in [0.15, 0.2) is 11.7 Å². The van der Waals surface area contributed by atoms with Crippen LogP contribution in [-0.2, 0) is 9.53 Å². The van der Waals surface area contributed by atoms with E-state index in [1.54, 1.807) is 36.4 Å². The summed E-state index contributed by atoms with van der Waals surface area (Å²) >= 11 is 5.28. The van der Waals surface area contributed by atoms with Crippen molar-refractivity contribution in [2.24, 2.45) is 0 Å². The third-order valence-electron chi connectivity index (χ3n) is 4.08. The molecule has 0 radical (unpaired) electrons. The fourth-order valence-electron chi connectivity index (χ4n) is 2.55. The van der Waals surface area contributed by atoms with Gasteiger partial charge in [-0.05, 0) is 67.7 Å². The van der Waals surface area contributed by atoms with E-state index in [0.29, 0.717) is 16.4 Å². The maximum Gasteiger partial charge on any atom is 0.338 e. The highest BCUT2D eigenvalue weighted by atomic mass is 32.1. The standard InChI is InChI=1S/C23H21N3O3S/c1-16-7-11-19(12-8-16)24-21(27)15-29-22(28)17-9-13-20(14-10-17)26-23(30)25-18-5-3-2-4-6-18/h2-14H,15H2,1H3,(H,24,27)(H2,25,26,30). The Morgan fingerprint density at radius 3 is 1.93 bits per heavy atom. The van der Waals surface area contributed by atoms with Gasteiger partial charge in [0.1, 0.15) is 0 Å². The average Bonchev–Trinajstić information content (AvgIpc) is 2.75. The summed E-state index contributed by atoms with van der Waals surface area (Å²) in [7, 11) is 0. The van der Waals surface area contributed by atoms with Gasteiger partial charge in [0.25, 0.3) is 5.91 Å². The molecule has 0 aliphatic rings. The zero-order chi connectivity index (χ0) is 21.3. The summed E-state index contributed by atoms with van der Waals surface area (Å²) in [6.07, 6.45) is 0. The molecule has 0 fully saturated rings. The number of rotatable bonds is 6. The highest BCUT2D eigenvalue weighted by molar-refractivity contribution is 7.80. The molecule has 3 aromatic rings. The highest BCUT2D eigenvalue weighted by Crippen LogP contribution is 2.13. The Bertz CT molecular complexity index is 1020. The molecule has 0 atom stereocenters. The first-order chi connectivity index (χ1) is 14.5. The van der Waals surface area contributed by atoms with Crippen molar-refractivity contribution in [2.45, 2.75) is 6.92 Å². The number of carbonyl (C=O) groups excluding carboxylic acids is 2. The normalized spacial score (nSPS) is 10.0. The third kappa shape index (κ3) is 6.42. The Labute approximate surface area is 180 Å². The number of hydrogen-bond donors (Lipinski definition) is 3. The van der Waals surface area contributed by atoms with Crippen molar-refractivity contribution >= 4 is 46.3 Å². The van der Waals surface area contributed by atoms with Crippen LogP contribution in [0, 0.1) is 6.92 Å². The number of nitrogens with one attached hydrogen (secondary N) is 3. The summed E-state index contributed by atoms with van der Waals surface area (Å²) in [6, 6.07) is 23.5. The van der Waals surface area contributed by atoms with Crippen LogP contribution >= 0.6 is 12.2 Å². The molecule has 0 saturated heterocycles. The van der Waals surface area contributed by atoms with Crippen LogP contribution in [-0.4, -0.2) is 23.6 Å². The summed E-state index contributed by atoms with van der Waals surface area (Å²) in [6.45, 7) is 1.60. The van der Waals surface area contributed by atoms with Crippen molar-refractivity contribution in [3.8, 4) is 0 Å². The molecule has 0 saturated carbocycles. The predicted octanol–water partition coefficient (Wildman–Crippen LogP) is 4.60. The van der Waals surface area contributed by atoms with Crippen LogP contribution in [0.5, 0.6) is 0 Å². The van der Waals surface area contributed by atoms with Gasteiger partial charge < -0.3 is 20.7 Å². The topological polar surface area (TPSA) is 79.5 Å². The fraction of sp³-hybridized carbons (Fsp3) is 0.0870. The number of aryl methyl sites for hydroxylation is 1. The van der Waals surface area contributed by atoms with Gasteiger partial charge in [-0.2, -0.15) is 0 Å². The Kier molecular flexibility index (Phi) is 7.13. The molecule has 3 aromatic carbocycles. The largest absolute Gasteiger partial charge is 0.452 e. The lowest BCUT2D eigenvalue weighted by Gasteiger charge is -2.11. The number of anilines is 3. The highest BCUT2D eigenvalue weighted by Gasteiger charge is 2.11. The van der Waals surface area contributed by atoms with E-state index in [9.17, 15) is 9.59 Å². The minimum atomic E-state index is -0.578. The number of hydrogen-bond acceptors (Lipinski definition) is 4. The summed E-state index contributed by atoms with van der Waals surface area (Å²) in [4.78, 5) is 24.1. The van der Waals surface area contributed by atoms with Gasteiger partial charge >= 0.3 is 5.97 Å². The lowest BCUT2D eigenvalue weighted by atomic mass is 10.2. The minimum Gasteiger partial charge on any atom is -0.452 e. The molecule has 0 aliphatic carbocycles. The summed E-state index contributed by atoms with van der Waals surface area (Å²) in [5, 5.41) is 9.22. The van der Waals surface area contributed by atoms with Gasteiger partial charge in [0.05, 0.1) is 5.56 Å². The second-order valence-electron chi connectivity index (χ2n) is 6.51. The quantitative estimate of drug-likeness (QED) is 0.400. The molecule has 152 valence electrons. The van der Waals surface area contributed by atoms with Crippen molar-refractivity contribution in [1.82, 2.24) is 0 Å². The molecule has 1 amide bonds. The zero-order valence-electron chi connectivity index (χ0n) is 16.3. The van der Waals surface area contributed by atoms with Crippen LogP contribution in [0.25, 0.3) is 0 Å². The predicted molar refractivity (Wildman–Crippen MR) is 123 cm³/mol. The van der Waals surface area contributed by atoms with Crippen LogP contribution in [0.4, 0.5) is 17.1 Å². The van der Waals surface area contributed by atoms with Crippen molar-refractivity contribution in [2.75, 3.05) is 22.6 Å². The van der Waals surface area contributed by atoms with Gasteiger partial charge in [-0.3, -0.25) is 4.79 Å². The number of amides is 1. The number of ether oxygens (including phenoxy) is 1. The first kappa shape index (κ1) is 21.0. The van der Waals surface area contributed by atoms with E-state index in [1.807, 2.05) is 49.4 Å². The van der Waals surface area contributed by atoms with Crippen LogP contribution in [0.1, 0.15) is 15.9 Å². The average molecular weight is 420 g/mol. The molecule has 3 rings (SSSR count). The Balaban J connectivity index is 1.46. The molecule has 0 unspecified atom stereocenters. The summed E-state index contributed by atoms with van der Waals surface area (Å²) in [5.74, 6) is -0.978. The SMILES string of the molecule is Cc1ccc(NC(=O)COC(=O)c2ccc(NC(=S)Nc3ccccc3)cc2)cc1. The Morgan fingerprint density at radius 2 is 1.30 bits per heavy atom. The van der Waals surface area contributed by atoms with E-state index >= 15 is 0 Å². The molecule has 3 N–H and O–H groups in total. The van der Waals surface area contributed by atoms with E-state index in [-0.39, 0.29) is 6.61 Å². The van der Waals surface area contributed by atoms with Crippen molar-refractivity contribution in [3.63, 3.8) is 0 Å². The number of para-hydroxylation sites is 1. The number of esters is 1. The Morgan fingerprint density at radius 1 is 0.767 bits per heavy atom. The van der Waals surface area contributed by atoms with Crippen LogP contribution < -0.4 is 16.0 Å². The van der Waals surface area contributed by atoms with Crippen molar-refractivity contribution in [3.05, 3.63) is 90.0 Å². The number of carbonyl (C=O) groups is 2. The molecule has 0 aliphatic heterocycles. The molecule has 0 heterocycles. The molecule has 6 nitrogen and oxygen atoms in total. The molecule has 0 aromatic heterocycles. The molecular formula is C23H21N3O3S. The molecule has 0 spiro atoms. The van der Waals surface area contributed by atoms with E-state index in [1.165, 1.54) is 0 Å². The molecular weight excluding hydrogens is 398 g/mol. The van der Waals surface area contributed by atoms with Gasteiger partial charge in [0.2, 0.25) is 0 Å². The molecule has 30 heavy (non-hydrogen) atoms. The first-order valence-corrected chi connectivity index (χ1v) is 9.67. The summed E-state index contributed by atoms with van der Waals surface area (Å²) < 4.78 is 5.08. The minimum absolute atomic E-state index is 0.339. The maximum absolute atomic E-state index is 12.2. The van der Waals surface area contributed by atoms with Gasteiger partial charge in [-0.15, -0.1) is 0 Å². The van der Waals surface area contributed by atoms with Crippen LogP contribution in [0.3, 0.4) is 0 Å². The van der Waals surface area contributed by atoms with Crippen molar-refractivity contribution < 1.29 is 14.3 Å². The van der Waals surface area contributed by atoms with Crippen LogP contribution in [0.2, 0.25) is 0 Å². The maximum atomic E-state index is 12.2. The first-order valence-electron chi connectivity index (χ1n) is 9.26. The van der Waals surface area contributed by atoms with Crippen molar-refractivity contribution in [1.29, 1.82) is 0 Å². The fourth-order valence-corrected chi connectivity index (χ4v) is 2.79. The Hall–Kier alpha value is -3.71. The monoisotopic (exact) mass is 419 g/mol. The lowest BCUT2D eigenvalue weighted by molar-refractivity contribution is -0.119. The van der Waals surface area contributed by atoms with Gasteiger partial charge in [-0.25, -0.2) is 4.79 Å². The van der Waals surface area contributed by atoms with Gasteiger partial charge in [-0.1, -0.05) is 35.9 Å². The zero-order valence-corrected chi connectivity index (χ0v) is 17.2.